The second-order valence-corrected chi connectivity index (χ2v) is 6.55. The molecule has 1 N–H and O–H groups in total. The van der Waals surface area contributed by atoms with Gasteiger partial charge in [0.05, 0.1) is 10.7 Å². The summed E-state index contributed by atoms with van der Waals surface area (Å²) in [5, 5.41) is 3.98. The third kappa shape index (κ3) is 3.30. The lowest BCUT2D eigenvalue weighted by Crippen LogP contribution is -2.25. The molecule has 3 aromatic rings. The van der Waals surface area contributed by atoms with Crippen LogP contribution in [0.15, 0.2) is 54.6 Å². The first kappa shape index (κ1) is 15.9. The van der Waals surface area contributed by atoms with Crippen LogP contribution in [0.4, 0.5) is 23.0 Å². The van der Waals surface area contributed by atoms with Crippen molar-refractivity contribution in [3.05, 3.63) is 71.0 Å². The van der Waals surface area contributed by atoms with Crippen molar-refractivity contribution >= 4 is 34.6 Å². The third-order valence-corrected chi connectivity index (χ3v) is 4.68. The normalized spacial score (nSPS) is 13.4. The van der Waals surface area contributed by atoms with E-state index in [2.05, 4.69) is 44.5 Å². The fourth-order valence-corrected chi connectivity index (χ4v) is 3.41. The van der Waals surface area contributed by atoms with E-state index >= 15 is 0 Å². The molecule has 0 bridgehead atoms. The lowest BCUT2D eigenvalue weighted by molar-refractivity contribution is 0.757. The van der Waals surface area contributed by atoms with Gasteiger partial charge >= 0.3 is 0 Å². The van der Waals surface area contributed by atoms with E-state index in [4.69, 9.17) is 11.6 Å². The number of anilines is 4. The largest absolute Gasteiger partial charge is 0.339 e. The lowest BCUT2D eigenvalue weighted by atomic mass is 10.0. The Bertz CT molecular complexity index is 910. The zero-order chi connectivity index (χ0) is 17.2. The highest BCUT2D eigenvalue weighted by molar-refractivity contribution is 6.33. The van der Waals surface area contributed by atoms with Crippen molar-refractivity contribution in [2.45, 2.75) is 19.8 Å². The third-order valence-electron chi connectivity index (χ3n) is 4.35. The molecule has 1 aliphatic rings. The molecule has 0 amide bonds. The van der Waals surface area contributed by atoms with Crippen LogP contribution in [0.2, 0.25) is 5.02 Å². The zero-order valence-corrected chi connectivity index (χ0v) is 14.8. The van der Waals surface area contributed by atoms with Gasteiger partial charge in [0.2, 0.25) is 0 Å². The van der Waals surface area contributed by atoms with Crippen molar-refractivity contribution < 1.29 is 0 Å². The van der Waals surface area contributed by atoms with E-state index in [1.165, 1.54) is 11.3 Å². The first-order valence-electron chi connectivity index (χ1n) is 8.43. The maximum Gasteiger partial charge on any atom is 0.138 e. The molecule has 0 aliphatic carbocycles. The van der Waals surface area contributed by atoms with Gasteiger partial charge in [0.25, 0.3) is 0 Å². The Morgan fingerprint density at radius 1 is 1.04 bits per heavy atom. The second kappa shape index (κ2) is 6.73. The highest BCUT2D eigenvalue weighted by Crippen LogP contribution is 2.33. The number of nitrogens with one attached hydrogen (secondary N) is 1. The molecule has 0 unspecified atom stereocenters. The Labute approximate surface area is 152 Å². The lowest BCUT2D eigenvalue weighted by Gasteiger charge is -2.30. The molecule has 2 aromatic carbocycles. The standard InChI is InChI=1S/C20H19ClN4/c1-14-22-19(24-17-10-4-3-9-16(17)21)13-20(23-14)25-12-6-8-15-7-2-5-11-18(15)25/h2-5,7,9-11,13H,6,8,12H2,1H3,(H,22,23,24). The molecular formula is C20H19ClN4. The van der Waals surface area contributed by atoms with Crippen LogP contribution in [0.1, 0.15) is 17.8 Å². The maximum atomic E-state index is 6.25. The smallest absolute Gasteiger partial charge is 0.138 e. The van der Waals surface area contributed by atoms with Crippen LogP contribution in [0, 0.1) is 6.92 Å². The Morgan fingerprint density at radius 3 is 2.72 bits per heavy atom. The first-order valence-corrected chi connectivity index (χ1v) is 8.81. The van der Waals surface area contributed by atoms with Gasteiger partial charge in [-0.05, 0) is 43.5 Å². The molecule has 0 saturated carbocycles. The van der Waals surface area contributed by atoms with Gasteiger partial charge in [-0.3, -0.25) is 0 Å². The molecule has 0 spiro atoms. The second-order valence-electron chi connectivity index (χ2n) is 6.15. The number of fused-ring (bicyclic) bond motifs is 1. The first-order chi connectivity index (χ1) is 12.2. The van der Waals surface area contributed by atoms with Crippen molar-refractivity contribution in [3.8, 4) is 0 Å². The monoisotopic (exact) mass is 350 g/mol. The van der Waals surface area contributed by atoms with Crippen molar-refractivity contribution in [3.63, 3.8) is 0 Å². The number of para-hydroxylation sites is 2. The van der Waals surface area contributed by atoms with Gasteiger partial charge in [0.15, 0.2) is 0 Å². The van der Waals surface area contributed by atoms with Crippen LogP contribution >= 0.6 is 11.6 Å². The molecule has 4 nitrogen and oxygen atoms in total. The quantitative estimate of drug-likeness (QED) is 0.699. The van der Waals surface area contributed by atoms with Gasteiger partial charge < -0.3 is 10.2 Å². The number of halogens is 1. The van der Waals surface area contributed by atoms with Gasteiger partial charge in [-0.1, -0.05) is 41.9 Å². The van der Waals surface area contributed by atoms with Gasteiger partial charge in [0.1, 0.15) is 17.5 Å². The Balaban J connectivity index is 1.70. The molecule has 0 atom stereocenters. The summed E-state index contributed by atoms with van der Waals surface area (Å²) >= 11 is 6.25. The summed E-state index contributed by atoms with van der Waals surface area (Å²) in [4.78, 5) is 11.4. The van der Waals surface area contributed by atoms with Gasteiger partial charge in [-0.2, -0.15) is 0 Å². The predicted molar refractivity (Wildman–Crippen MR) is 103 cm³/mol. The SMILES string of the molecule is Cc1nc(Nc2ccccc2Cl)cc(N2CCCc3ccccc32)n1. The minimum atomic E-state index is 0.670. The van der Waals surface area contributed by atoms with Gasteiger partial charge in [-0.25, -0.2) is 9.97 Å². The fraction of sp³-hybridized carbons (Fsp3) is 0.200. The van der Waals surface area contributed by atoms with E-state index < -0.39 is 0 Å². The molecule has 0 saturated heterocycles. The Morgan fingerprint density at radius 2 is 1.84 bits per heavy atom. The summed E-state index contributed by atoms with van der Waals surface area (Å²) in [5.41, 5.74) is 3.44. The Hall–Kier alpha value is -2.59. The number of aryl methyl sites for hydroxylation is 2. The molecule has 0 fully saturated rings. The summed E-state index contributed by atoms with van der Waals surface area (Å²) in [7, 11) is 0. The van der Waals surface area contributed by atoms with Crippen LogP contribution in [0.5, 0.6) is 0 Å². The van der Waals surface area contributed by atoms with E-state index in [0.29, 0.717) is 5.02 Å². The molecule has 5 heteroatoms. The highest BCUT2D eigenvalue weighted by Gasteiger charge is 2.19. The number of aromatic nitrogens is 2. The molecule has 2 heterocycles. The average Bonchev–Trinajstić information content (AvgIpc) is 2.63. The molecular weight excluding hydrogens is 332 g/mol. The molecule has 0 radical (unpaired) electrons. The van der Waals surface area contributed by atoms with Crippen LogP contribution in [-0.4, -0.2) is 16.5 Å². The van der Waals surface area contributed by atoms with Crippen molar-refractivity contribution in [2.75, 3.05) is 16.8 Å². The van der Waals surface area contributed by atoms with E-state index in [-0.39, 0.29) is 0 Å². The molecule has 1 aromatic heterocycles. The minimum Gasteiger partial charge on any atom is -0.339 e. The molecule has 1 aliphatic heterocycles. The van der Waals surface area contributed by atoms with Crippen LogP contribution in [-0.2, 0) is 6.42 Å². The van der Waals surface area contributed by atoms with Crippen LogP contribution in [0.25, 0.3) is 0 Å². The Kier molecular flexibility index (Phi) is 4.28. The molecule has 25 heavy (non-hydrogen) atoms. The predicted octanol–water partition coefficient (Wildman–Crippen LogP) is 5.27. The zero-order valence-electron chi connectivity index (χ0n) is 14.0. The fourth-order valence-electron chi connectivity index (χ4n) is 3.23. The van der Waals surface area contributed by atoms with Gasteiger partial charge in [0, 0.05) is 18.3 Å². The van der Waals surface area contributed by atoms with Crippen molar-refractivity contribution in [2.24, 2.45) is 0 Å². The maximum absolute atomic E-state index is 6.25. The topological polar surface area (TPSA) is 41.1 Å². The summed E-state index contributed by atoms with van der Waals surface area (Å²) in [6.07, 6.45) is 2.23. The highest BCUT2D eigenvalue weighted by atomic mass is 35.5. The van der Waals surface area contributed by atoms with Gasteiger partial charge in [-0.15, -0.1) is 0 Å². The number of rotatable bonds is 3. The summed E-state index contributed by atoms with van der Waals surface area (Å²) in [6.45, 7) is 2.87. The van der Waals surface area contributed by atoms with Crippen molar-refractivity contribution in [1.29, 1.82) is 0 Å². The molecule has 4 rings (SSSR count). The number of nitrogens with zero attached hydrogens (tertiary/aromatic N) is 3. The average molecular weight is 351 g/mol. The van der Waals surface area contributed by atoms with Crippen LogP contribution < -0.4 is 10.2 Å². The summed E-state index contributed by atoms with van der Waals surface area (Å²) < 4.78 is 0. The minimum absolute atomic E-state index is 0.670. The van der Waals surface area contributed by atoms with Crippen molar-refractivity contribution in [1.82, 2.24) is 9.97 Å². The number of benzene rings is 2. The van der Waals surface area contributed by atoms with E-state index in [1.807, 2.05) is 37.3 Å². The number of hydrogen-bond acceptors (Lipinski definition) is 4. The van der Waals surface area contributed by atoms with E-state index in [1.54, 1.807) is 0 Å². The van der Waals surface area contributed by atoms with E-state index in [0.717, 1.165) is 42.5 Å². The van der Waals surface area contributed by atoms with Crippen LogP contribution in [0.3, 0.4) is 0 Å². The summed E-state index contributed by atoms with van der Waals surface area (Å²) in [5.74, 6) is 2.39. The summed E-state index contributed by atoms with van der Waals surface area (Å²) in [6, 6.07) is 18.2. The van der Waals surface area contributed by atoms with E-state index in [9.17, 15) is 0 Å². The molecule has 126 valence electrons. The number of hydrogen-bond donors (Lipinski definition) is 1.